The van der Waals surface area contributed by atoms with Gasteiger partial charge in [0.2, 0.25) is 11.2 Å². The Morgan fingerprint density at radius 2 is 2.25 bits per heavy atom. The Morgan fingerprint density at radius 3 is 3.00 bits per heavy atom. The molecule has 0 aromatic carbocycles. The summed E-state index contributed by atoms with van der Waals surface area (Å²) < 4.78 is 0. The number of hydrogen-bond acceptors (Lipinski definition) is 5. The van der Waals surface area contributed by atoms with Crippen molar-refractivity contribution in [3.8, 4) is 0 Å². The number of nitrogens with zero attached hydrogens (tertiary/aromatic N) is 3. The van der Waals surface area contributed by atoms with Crippen LogP contribution in [0.5, 0.6) is 0 Å². The third-order valence-electron chi connectivity index (χ3n) is 2.61. The van der Waals surface area contributed by atoms with E-state index in [0.717, 1.165) is 0 Å². The van der Waals surface area contributed by atoms with Crippen molar-refractivity contribution < 1.29 is 4.79 Å². The summed E-state index contributed by atoms with van der Waals surface area (Å²) in [6.07, 6.45) is 1.89. The predicted molar refractivity (Wildman–Crippen MR) is 77.6 cm³/mol. The van der Waals surface area contributed by atoms with Gasteiger partial charge in [-0.25, -0.2) is 4.98 Å². The Kier molecular flexibility index (Phi) is 4.73. The van der Waals surface area contributed by atoms with Crippen LogP contribution in [0.15, 0.2) is 6.33 Å². The first-order valence-corrected chi connectivity index (χ1v) is 6.81. The molecule has 0 aliphatic heterocycles. The molecule has 8 heteroatoms. The van der Waals surface area contributed by atoms with Crippen LogP contribution in [0.1, 0.15) is 20.3 Å². The van der Waals surface area contributed by atoms with Crippen molar-refractivity contribution in [2.75, 3.05) is 18.4 Å². The Balaban J connectivity index is 1.90. The van der Waals surface area contributed by atoms with E-state index in [-0.39, 0.29) is 11.2 Å². The molecule has 0 unspecified atom stereocenters. The molecule has 1 amide bonds. The molecule has 0 saturated carbocycles. The van der Waals surface area contributed by atoms with Crippen molar-refractivity contribution in [3.05, 3.63) is 11.6 Å². The van der Waals surface area contributed by atoms with Gasteiger partial charge in [-0.3, -0.25) is 4.79 Å². The van der Waals surface area contributed by atoms with E-state index < -0.39 is 0 Å². The van der Waals surface area contributed by atoms with Crippen LogP contribution in [-0.4, -0.2) is 38.9 Å². The summed E-state index contributed by atoms with van der Waals surface area (Å²) in [5.41, 5.74) is 1.17. The van der Waals surface area contributed by atoms with Crippen molar-refractivity contribution >= 4 is 34.5 Å². The lowest BCUT2D eigenvalue weighted by atomic mass is 10.2. The van der Waals surface area contributed by atoms with Gasteiger partial charge in [0.15, 0.2) is 11.5 Å². The fourth-order valence-corrected chi connectivity index (χ4v) is 1.80. The van der Waals surface area contributed by atoms with Crippen LogP contribution in [-0.2, 0) is 4.79 Å². The van der Waals surface area contributed by atoms with E-state index in [9.17, 15) is 4.79 Å². The van der Waals surface area contributed by atoms with Crippen LogP contribution >= 0.6 is 11.6 Å². The SMILES string of the molecule is CC(C)CNC(=O)CCNc1nc(Cl)nc2nc[nH]c12. The zero-order chi connectivity index (χ0) is 14.5. The van der Waals surface area contributed by atoms with Crippen molar-refractivity contribution in [3.63, 3.8) is 0 Å². The van der Waals surface area contributed by atoms with Crippen LogP contribution in [0.3, 0.4) is 0 Å². The summed E-state index contributed by atoms with van der Waals surface area (Å²) in [6.45, 7) is 5.25. The zero-order valence-corrected chi connectivity index (χ0v) is 12.2. The first-order valence-electron chi connectivity index (χ1n) is 6.43. The molecule has 0 aliphatic rings. The predicted octanol–water partition coefficient (Wildman–Crippen LogP) is 1.58. The van der Waals surface area contributed by atoms with Gasteiger partial charge in [0.25, 0.3) is 0 Å². The molecular formula is C12H17ClN6O. The minimum atomic E-state index is 0.00667. The average molecular weight is 297 g/mol. The highest BCUT2D eigenvalue weighted by Crippen LogP contribution is 2.18. The maximum absolute atomic E-state index is 11.6. The summed E-state index contributed by atoms with van der Waals surface area (Å²) in [6, 6.07) is 0. The molecule has 2 aromatic heterocycles. The van der Waals surface area contributed by atoms with E-state index in [2.05, 4.69) is 44.4 Å². The van der Waals surface area contributed by atoms with Crippen molar-refractivity contribution in [2.24, 2.45) is 5.92 Å². The number of hydrogen-bond donors (Lipinski definition) is 3. The lowest BCUT2D eigenvalue weighted by Gasteiger charge is -2.09. The number of aromatic amines is 1. The number of halogens is 1. The lowest BCUT2D eigenvalue weighted by molar-refractivity contribution is -0.120. The fraction of sp³-hybridized carbons (Fsp3) is 0.500. The van der Waals surface area contributed by atoms with E-state index in [1.54, 1.807) is 0 Å². The van der Waals surface area contributed by atoms with Crippen molar-refractivity contribution in [2.45, 2.75) is 20.3 Å². The van der Waals surface area contributed by atoms with Gasteiger partial charge in [-0.15, -0.1) is 0 Å². The molecule has 2 heterocycles. The molecule has 0 saturated heterocycles. The van der Waals surface area contributed by atoms with Gasteiger partial charge >= 0.3 is 0 Å². The van der Waals surface area contributed by atoms with E-state index in [1.807, 2.05) is 0 Å². The minimum absolute atomic E-state index is 0.00667. The van der Waals surface area contributed by atoms with Gasteiger partial charge in [-0.2, -0.15) is 9.97 Å². The first kappa shape index (κ1) is 14.5. The smallest absolute Gasteiger partial charge is 0.226 e. The van der Waals surface area contributed by atoms with Gasteiger partial charge < -0.3 is 15.6 Å². The minimum Gasteiger partial charge on any atom is -0.368 e. The number of fused-ring (bicyclic) bond motifs is 1. The topological polar surface area (TPSA) is 95.6 Å². The summed E-state index contributed by atoms with van der Waals surface area (Å²) in [5, 5.41) is 6.04. The molecule has 2 aromatic rings. The molecule has 0 bridgehead atoms. The molecule has 2 rings (SSSR count). The third kappa shape index (κ3) is 3.80. The molecule has 0 aliphatic carbocycles. The Labute approximate surface area is 121 Å². The molecule has 7 nitrogen and oxygen atoms in total. The summed E-state index contributed by atoms with van der Waals surface area (Å²) in [4.78, 5) is 26.6. The Bertz CT molecular complexity index is 597. The van der Waals surface area contributed by atoms with E-state index >= 15 is 0 Å². The molecule has 0 fully saturated rings. The normalized spacial score (nSPS) is 11.0. The van der Waals surface area contributed by atoms with Crippen LogP contribution in [0, 0.1) is 5.92 Å². The number of nitrogens with one attached hydrogen (secondary N) is 3. The summed E-state index contributed by atoms with van der Waals surface area (Å²) >= 11 is 5.81. The second-order valence-electron chi connectivity index (χ2n) is 4.82. The number of anilines is 1. The third-order valence-corrected chi connectivity index (χ3v) is 2.78. The quantitative estimate of drug-likeness (QED) is 0.703. The molecule has 3 N–H and O–H groups in total. The number of rotatable bonds is 6. The van der Waals surface area contributed by atoms with Crippen molar-refractivity contribution in [1.29, 1.82) is 0 Å². The van der Waals surface area contributed by atoms with E-state index in [0.29, 0.717) is 42.4 Å². The summed E-state index contributed by atoms with van der Waals surface area (Å²) in [7, 11) is 0. The number of imidazole rings is 1. The first-order chi connectivity index (χ1) is 9.56. The molecule has 108 valence electrons. The van der Waals surface area contributed by atoms with Gasteiger partial charge in [-0.1, -0.05) is 13.8 Å². The van der Waals surface area contributed by atoms with E-state index in [1.165, 1.54) is 6.33 Å². The largest absolute Gasteiger partial charge is 0.368 e. The second kappa shape index (κ2) is 6.51. The summed E-state index contributed by atoms with van der Waals surface area (Å²) in [5.74, 6) is 0.999. The molecule has 0 spiro atoms. The Hall–Kier alpha value is -1.89. The van der Waals surface area contributed by atoms with E-state index in [4.69, 9.17) is 11.6 Å². The van der Waals surface area contributed by atoms with Gasteiger partial charge in [0.05, 0.1) is 6.33 Å². The fourth-order valence-electron chi connectivity index (χ4n) is 1.64. The highest BCUT2D eigenvalue weighted by molar-refractivity contribution is 6.28. The van der Waals surface area contributed by atoms with Crippen LogP contribution < -0.4 is 10.6 Å². The van der Waals surface area contributed by atoms with Crippen LogP contribution in [0.25, 0.3) is 11.2 Å². The number of amides is 1. The molecular weight excluding hydrogens is 280 g/mol. The standard InChI is InChI=1S/C12H17ClN6O/c1-7(2)5-15-8(20)3-4-14-10-9-11(17-6-16-9)19-12(13)18-10/h6-7H,3-5H2,1-2H3,(H,15,20)(H2,14,16,17,18,19). The number of carbonyl (C=O) groups is 1. The average Bonchev–Trinajstić information content (AvgIpc) is 2.84. The van der Waals surface area contributed by atoms with Crippen molar-refractivity contribution in [1.82, 2.24) is 25.3 Å². The Morgan fingerprint density at radius 1 is 1.45 bits per heavy atom. The maximum atomic E-state index is 11.6. The molecule has 20 heavy (non-hydrogen) atoms. The highest BCUT2D eigenvalue weighted by atomic mass is 35.5. The van der Waals surface area contributed by atoms with Gasteiger partial charge in [0.1, 0.15) is 5.52 Å². The van der Waals surface area contributed by atoms with Crippen LogP contribution in [0.4, 0.5) is 5.82 Å². The molecule has 0 radical (unpaired) electrons. The highest BCUT2D eigenvalue weighted by Gasteiger charge is 2.09. The zero-order valence-electron chi connectivity index (χ0n) is 11.4. The second-order valence-corrected chi connectivity index (χ2v) is 5.16. The number of H-pyrrole nitrogens is 1. The van der Waals surface area contributed by atoms with Crippen LogP contribution in [0.2, 0.25) is 5.28 Å². The number of aromatic nitrogens is 4. The van der Waals surface area contributed by atoms with Gasteiger partial charge in [-0.05, 0) is 17.5 Å². The maximum Gasteiger partial charge on any atom is 0.226 e. The lowest BCUT2D eigenvalue weighted by Crippen LogP contribution is -2.28. The molecule has 0 atom stereocenters. The number of carbonyl (C=O) groups excluding carboxylic acids is 1. The van der Waals surface area contributed by atoms with Gasteiger partial charge in [0, 0.05) is 19.5 Å². The monoisotopic (exact) mass is 296 g/mol.